The van der Waals surface area contributed by atoms with Gasteiger partial charge >= 0.3 is 5.97 Å². The van der Waals surface area contributed by atoms with Crippen LogP contribution in [0.5, 0.6) is 0 Å². The van der Waals surface area contributed by atoms with Crippen LogP contribution in [0.4, 0.5) is 0 Å². The maximum absolute atomic E-state index is 12.2. The van der Waals surface area contributed by atoms with Crippen molar-refractivity contribution in [1.82, 2.24) is 5.32 Å². The van der Waals surface area contributed by atoms with Crippen molar-refractivity contribution in [2.75, 3.05) is 6.54 Å². The molecule has 2 fully saturated rings. The maximum Gasteiger partial charge on any atom is 0.311 e. The molecular formula is C14H24N2O4. The van der Waals surface area contributed by atoms with E-state index in [0.717, 1.165) is 19.3 Å². The lowest BCUT2D eigenvalue weighted by atomic mass is 9.71. The smallest absolute Gasteiger partial charge is 0.311 e. The van der Waals surface area contributed by atoms with Crippen molar-refractivity contribution in [2.24, 2.45) is 11.1 Å². The number of aliphatic carboxylic acids is 1. The van der Waals surface area contributed by atoms with Gasteiger partial charge in [0.2, 0.25) is 5.91 Å². The van der Waals surface area contributed by atoms with E-state index in [1.807, 2.05) is 0 Å². The van der Waals surface area contributed by atoms with Crippen molar-refractivity contribution < 1.29 is 19.4 Å². The van der Waals surface area contributed by atoms with Crippen molar-refractivity contribution in [1.29, 1.82) is 0 Å². The summed E-state index contributed by atoms with van der Waals surface area (Å²) in [7, 11) is 0. The number of carboxylic acid groups (broad SMARTS) is 1. The zero-order valence-electron chi connectivity index (χ0n) is 11.9. The highest BCUT2D eigenvalue weighted by Crippen LogP contribution is 2.36. The molecule has 0 radical (unpaired) electrons. The van der Waals surface area contributed by atoms with Crippen molar-refractivity contribution >= 4 is 11.9 Å². The Balaban J connectivity index is 1.97. The number of carboxylic acids is 1. The van der Waals surface area contributed by atoms with Crippen LogP contribution < -0.4 is 11.1 Å². The number of nitrogens with one attached hydrogen (secondary N) is 1. The number of nitrogens with two attached hydrogens (primary N) is 1. The standard InChI is InChI=1S/C14H24N2O4/c1-14(13(18)19)7-3-2-4-11(14)16-12(17)10-6-5-9(8-15)20-10/h9-11H,2-8,15H2,1H3,(H,16,17)(H,18,19). The van der Waals surface area contributed by atoms with Gasteiger partial charge in [0.15, 0.2) is 0 Å². The predicted octanol–water partition coefficient (Wildman–Crippen LogP) is 0.642. The summed E-state index contributed by atoms with van der Waals surface area (Å²) in [6, 6.07) is -0.318. The molecular weight excluding hydrogens is 260 g/mol. The van der Waals surface area contributed by atoms with E-state index in [-0.39, 0.29) is 18.1 Å². The first-order valence-corrected chi connectivity index (χ1v) is 7.36. The summed E-state index contributed by atoms with van der Waals surface area (Å²) in [5.74, 6) is -1.03. The normalized spacial score (nSPS) is 37.6. The molecule has 1 aliphatic carbocycles. The van der Waals surface area contributed by atoms with E-state index in [9.17, 15) is 14.7 Å². The lowest BCUT2D eigenvalue weighted by Gasteiger charge is -2.38. The molecule has 0 aromatic heterocycles. The Morgan fingerprint density at radius 3 is 2.70 bits per heavy atom. The van der Waals surface area contributed by atoms with Gasteiger partial charge in [-0.15, -0.1) is 0 Å². The lowest BCUT2D eigenvalue weighted by molar-refractivity contribution is -0.152. The summed E-state index contributed by atoms with van der Waals surface area (Å²) in [5, 5.41) is 12.3. The van der Waals surface area contributed by atoms with E-state index in [1.54, 1.807) is 6.92 Å². The minimum absolute atomic E-state index is 0.0528. The van der Waals surface area contributed by atoms with E-state index < -0.39 is 17.5 Å². The number of rotatable bonds is 4. The van der Waals surface area contributed by atoms with Crippen LogP contribution in [0.25, 0.3) is 0 Å². The summed E-state index contributed by atoms with van der Waals surface area (Å²) in [6.45, 7) is 2.14. The molecule has 1 amide bonds. The van der Waals surface area contributed by atoms with Gasteiger partial charge in [0.05, 0.1) is 11.5 Å². The third-order valence-electron chi connectivity index (χ3n) is 4.68. The van der Waals surface area contributed by atoms with Crippen LogP contribution in [0.15, 0.2) is 0 Å². The Kier molecular flexibility index (Phi) is 4.65. The third-order valence-corrected chi connectivity index (χ3v) is 4.68. The summed E-state index contributed by atoms with van der Waals surface area (Å²) in [5.41, 5.74) is 4.65. The summed E-state index contributed by atoms with van der Waals surface area (Å²) in [6.07, 6.45) is 4.06. The van der Waals surface area contributed by atoms with E-state index in [4.69, 9.17) is 10.5 Å². The van der Waals surface area contributed by atoms with Crippen LogP contribution >= 0.6 is 0 Å². The van der Waals surface area contributed by atoms with Crippen LogP contribution in [-0.2, 0) is 14.3 Å². The minimum Gasteiger partial charge on any atom is -0.481 e. The molecule has 1 saturated carbocycles. The molecule has 4 unspecified atom stereocenters. The summed E-state index contributed by atoms with van der Waals surface area (Å²) in [4.78, 5) is 23.7. The topological polar surface area (TPSA) is 102 Å². The summed E-state index contributed by atoms with van der Waals surface area (Å²) < 4.78 is 5.56. The molecule has 0 spiro atoms. The Hall–Kier alpha value is -1.14. The molecule has 1 saturated heterocycles. The first-order chi connectivity index (χ1) is 9.47. The van der Waals surface area contributed by atoms with Crippen LogP contribution in [0.1, 0.15) is 45.4 Å². The van der Waals surface area contributed by atoms with Crippen molar-refractivity contribution in [3.05, 3.63) is 0 Å². The number of amides is 1. The quantitative estimate of drug-likeness (QED) is 0.703. The van der Waals surface area contributed by atoms with Crippen molar-refractivity contribution in [2.45, 2.75) is 63.7 Å². The SMILES string of the molecule is CC1(C(=O)O)CCCCC1NC(=O)C1CCC(CN)O1. The average Bonchev–Trinajstić information content (AvgIpc) is 2.90. The fourth-order valence-corrected chi connectivity index (χ4v) is 3.16. The number of hydrogen-bond donors (Lipinski definition) is 3. The fraction of sp³-hybridized carbons (Fsp3) is 0.857. The first-order valence-electron chi connectivity index (χ1n) is 7.36. The number of carbonyl (C=O) groups excluding carboxylic acids is 1. The van der Waals surface area contributed by atoms with E-state index in [2.05, 4.69) is 5.32 Å². The maximum atomic E-state index is 12.2. The van der Waals surface area contributed by atoms with E-state index in [0.29, 0.717) is 25.8 Å². The molecule has 1 heterocycles. The molecule has 1 aliphatic heterocycles. The number of ether oxygens (including phenoxy) is 1. The van der Waals surface area contributed by atoms with Crippen LogP contribution in [0.2, 0.25) is 0 Å². The van der Waals surface area contributed by atoms with Gasteiger partial charge in [-0.3, -0.25) is 9.59 Å². The second-order valence-electron chi connectivity index (χ2n) is 6.09. The molecule has 4 N–H and O–H groups in total. The Bertz CT molecular complexity index is 387. The summed E-state index contributed by atoms with van der Waals surface area (Å²) >= 11 is 0. The van der Waals surface area contributed by atoms with Gasteiger partial charge in [-0.25, -0.2) is 0 Å². The minimum atomic E-state index is -0.875. The number of hydrogen-bond acceptors (Lipinski definition) is 4. The Morgan fingerprint density at radius 2 is 2.10 bits per heavy atom. The largest absolute Gasteiger partial charge is 0.481 e. The Morgan fingerprint density at radius 1 is 1.35 bits per heavy atom. The molecule has 0 aromatic carbocycles. The Labute approximate surface area is 119 Å². The zero-order chi connectivity index (χ0) is 14.8. The van der Waals surface area contributed by atoms with Gasteiger partial charge < -0.3 is 20.9 Å². The van der Waals surface area contributed by atoms with Crippen LogP contribution in [0.3, 0.4) is 0 Å². The van der Waals surface area contributed by atoms with Crippen LogP contribution in [-0.4, -0.2) is 41.8 Å². The monoisotopic (exact) mass is 284 g/mol. The van der Waals surface area contributed by atoms with Crippen LogP contribution in [0, 0.1) is 5.41 Å². The third kappa shape index (κ3) is 2.96. The fourth-order valence-electron chi connectivity index (χ4n) is 3.16. The molecule has 20 heavy (non-hydrogen) atoms. The van der Waals surface area contributed by atoms with Gasteiger partial charge in [0, 0.05) is 12.6 Å². The molecule has 4 atom stereocenters. The average molecular weight is 284 g/mol. The molecule has 0 aromatic rings. The first kappa shape index (κ1) is 15.3. The van der Waals surface area contributed by atoms with Gasteiger partial charge in [0.25, 0.3) is 0 Å². The van der Waals surface area contributed by atoms with Gasteiger partial charge in [0.1, 0.15) is 6.10 Å². The predicted molar refractivity (Wildman–Crippen MR) is 73.1 cm³/mol. The van der Waals surface area contributed by atoms with Crippen molar-refractivity contribution in [3.8, 4) is 0 Å². The molecule has 0 bridgehead atoms. The van der Waals surface area contributed by atoms with Crippen molar-refractivity contribution in [3.63, 3.8) is 0 Å². The van der Waals surface area contributed by atoms with Gasteiger partial charge in [-0.2, -0.15) is 0 Å². The van der Waals surface area contributed by atoms with Gasteiger partial charge in [-0.05, 0) is 32.6 Å². The highest BCUT2D eigenvalue weighted by Gasteiger charge is 2.44. The molecule has 6 nitrogen and oxygen atoms in total. The second kappa shape index (κ2) is 6.10. The van der Waals surface area contributed by atoms with E-state index >= 15 is 0 Å². The molecule has 6 heteroatoms. The van der Waals surface area contributed by atoms with E-state index in [1.165, 1.54) is 0 Å². The zero-order valence-corrected chi connectivity index (χ0v) is 11.9. The second-order valence-corrected chi connectivity index (χ2v) is 6.09. The molecule has 114 valence electrons. The molecule has 2 aliphatic rings. The lowest BCUT2D eigenvalue weighted by Crippen LogP contribution is -2.54. The highest BCUT2D eigenvalue weighted by atomic mass is 16.5. The molecule has 2 rings (SSSR count). The highest BCUT2D eigenvalue weighted by molar-refractivity contribution is 5.83. The van der Waals surface area contributed by atoms with Gasteiger partial charge in [-0.1, -0.05) is 12.8 Å². The number of carbonyl (C=O) groups is 2.